The molecule has 0 aliphatic heterocycles. The van der Waals surface area contributed by atoms with E-state index < -0.39 is 6.04 Å². The van der Waals surface area contributed by atoms with E-state index >= 15 is 0 Å². The normalized spacial score (nSPS) is 14.5. The number of nitrogens with two attached hydrogens (primary N) is 1. The predicted octanol–water partition coefficient (Wildman–Crippen LogP) is 1.21. The van der Waals surface area contributed by atoms with Gasteiger partial charge in [0.05, 0.1) is 17.9 Å². The van der Waals surface area contributed by atoms with Crippen molar-refractivity contribution in [2.24, 2.45) is 11.7 Å². The summed E-state index contributed by atoms with van der Waals surface area (Å²) in [5.74, 6) is 0.0335. The van der Waals surface area contributed by atoms with E-state index in [9.17, 15) is 4.79 Å². The maximum Gasteiger partial charge on any atom is 0.241 e. The molecular formula is C11H20N4O. The molecule has 1 amide bonds. The third kappa shape index (κ3) is 3.06. The van der Waals surface area contributed by atoms with Crippen molar-refractivity contribution in [1.29, 1.82) is 0 Å². The van der Waals surface area contributed by atoms with E-state index in [1.54, 1.807) is 17.1 Å². The topological polar surface area (TPSA) is 72.9 Å². The molecule has 0 bridgehead atoms. The van der Waals surface area contributed by atoms with Crippen LogP contribution in [0.1, 0.15) is 27.2 Å². The lowest BCUT2D eigenvalue weighted by Gasteiger charge is -2.16. The van der Waals surface area contributed by atoms with Crippen LogP contribution in [0.25, 0.3) is 0 Å². The summed E-state index contributed by atoms with van der Waals surface area (Å²) in [5, 5.41) is 6.84. The van der Waals surface area contributed by atoms with Gasteiger partial charge in [-0.1, -0.05) is 20.3 Å². The van der Waals surface area contributed by atoms with Crippen LogP contribution in [0.4, 0.5) is 5.69 Å². The fraction of sp³-hybridized carbons (Fsp3) is 0.636. The lowest BCUT2D eigenvalue weighted by molar-refractivity contribution is -0.118. The molecule has 0 unspecified atom stereocenters. The van der Waals surface area contributed by atoms with E-state index in [1.807, 2.05) is 20.8 Å². The smallest absolute Gasteiger partial charge is 0.241 e. The first-order valence-electron chi connectivity index (χ1n) is 5.67. The Morgan fingerprint density at radius 3 is 2.81 bits per heavy atom. The molecule has 16 heavy (non-hydrogen) atoms. The molecule has 5 heteroatoms. The number of aryl methyl sites for hydroxylation is 1. The molecular weight excluding hydrogens is 204 g/mol. The lowest BCUT2D eigenvalue weighted by atomic mass is 9.99. The summed E-state index contributed by atoms with van der Waals surface area (Å²) in [7, 11) is 0. The third-order valence-electron chi connectivity index (χ3n) is 2.78. The molecule has 5 nitrogen and oxygen atoms in total. The van der Waals surface area contributed by atoms with Gasteiger partial charge in [-0.15, -0.1) is 0 Å². The van der Waals surface area contributed by atoms with Crippen LogP contribution in [0, 0.1) is 5.92 Å². The number of nitrogens with zero attached hydrogens (tertiary/aromatic N) is 2. The molecule has 2 atom stereocenters. The van der Waals surface area contributed by atoms with Crippen molar-refractivity contribution in [3.63, 3.8) is 0 Å². The van der Waals surface area contributed by atoms with Crippen LogP contribution in [0.15, 0.2) is 12.4 Å². The molecule has 0 aliphatic rings. The summed E-state index contributed by atoms with van der Waals surface area (Å²) in [6.45, 7) is 6.77. The molecule has 0 radical (unpaired) electrons. The summed E-state index contributed by atoms with van der Waals surface area (Å²) in [5.41, 5.74) is 6.52. The molecule has 3 N–H and O–H groups in total. The number of aromatic nitrogens is 2. The van der Waals surface area contributed by atoms with Crippen molar-refractivity contribution in [3.8, 4) is 0 Å². The lowest BCUT2D eigenvalue weighted by Crippen LogP contribution is -2.40. The van der Waals surface area contributed by atoms with E-state index in [0.29, 0.717) is 5.69 Å². The summed E-state index contributed by atoms with van der Waals surface area (Å²) in [6, 6.07) is -0.463. The number of amides is 1. The third-order valence-corrected chi connectivity index (χ3v) is 2.78. The highest BCUT2D eigenvalue weighted by Gasteiger charge is 2.19. The van der Waals surface area contributed by atoms with Gasteiger partial charge < -0.3 is 11.1 Å². The molecule has 90 valence electrons. The van der Waals surface area contributed by atoms with Crippen molar-refractivity contribution in [2.45, 2.75) is 39.8 Å². The standard InChI is InChI=1S/C11H20N4O/c1-4-8(3)10(12)11(16)14-9-6-13-15(5-2)7-9/h6-8,10H,4-5,12H2,1-3H3,(H,14,16)/t8-,10-/m0/s1. The van der Waals surface area contributed by atoms with Crippen LogP contribution in [0.3, 0.4) is 0 Å². The second-order valence-electron chi connectivity index (χ2n) is 3.99. The quantitative estimate of drug-likeness (QED) is 0.789. The van der Waals surface area contributed by atoms with E-state index in [1.165, 1.54) is 0 Å². The maximum absolute atomic E-state index is 11.7. The second-order valence-corrected chi connectivity index (χ2v) is 3.99. The monoisotopic (exact) mass is 224 g/mol. The highest BCUT2D eigenvalue weighted by atomic mass is 16.2. The average molecular weight is 224 g/mol. The molecule has 1 heterocycles. The van der Waals surface area contributed by atoms with E-state index in [2.05, 4.69) is 10.4 Å². The zero-order chi connectivity index (χ0) is 12.1. The molecule has 0 aromatic carbocycles. The number of anilines is 1. The molecule has 0 spiro atoms. The van der Waals surface area contributed by atoms with E-state index in [-0.39, 0.29) is 11.8 Å². The first-order valence-corrected chi connectivity index (χ1v) is 5.67. The Morgan fingerprint density at radius 1 is 1.62 bits per heavy atom. The minimum absolute atomic E-state index is 0.148. The number of nitrogens with one attached hydrogen (secondary N) is 1. The largest absolute Gasteiger partial charge is 0.322 e. The summed E-state index contributed by atoms with van der Waals surface area (Å²) < 4.78 is 1.75. The summed E-state index contributed by atoms with van der Waals surface area (Å²) in [4.78, 5) is 11.7. The van der Waals surface area contributed by atoms with Gasteiger partial charge in [0, 0.05) is 12.7 Å². The molecule has 0 saturated carbocycles. The average Bonchev–Trinajstić information content (AvgIpc) is 2.74. The molecule has 1 aromatic heterocycles. The SMILES string of the molecule is CC[C@H](C)[C@H](N)C(=O)Nc1cnn(CC)c1. The molecule has 0 fully saturated rings. The van der Waals surface area contributed by atoms with Gasteiger partial charge in [-0.2, -0.15) is 5.10 Å². The maximum atomic E-state index is 11.7. The van der Waals surface area contributed by atoms with Gasteiger partial charge in [0.25, 0.3) is 0 Å². The minimum atomic E-state index is -0.463. The molecule has 0 aliphatic carbocycles. The highest BCUT2D eigenvalue weighted by molar-refractivity contribution is 5.94. The van der Waals surface area contributed by atoms with Crippen molar-refractivity contribution in [3.05, 3.63) is 12.4 Å². The summed E-state index contributed by atoms with van der Waals surface area (Å²) >= 11 is 0. The molecule has 1 rings (SSSR count). The Hall–Kier alpha value is -1.36. The number of carbonyl (C=O) groups excluding carboxylic acids is 1. The first-order chi connectivity index (χ1) is 7.58. The molecule has 0 saturated heterocycles. The van der Waals surface area contributed by atoms with Gasteiger partial charge in [0.15, 0.2) is 0 Å². The summed E-state index contributed by atoms with van der Waals surface area (Å²) in [6.07, 6.45) is 4.31. The Kier molecular flexibility index (Phi) is 4.49. The fourth-order valence-electron chi connectivity index (χ4n) is 1.34. The van der Waals surface area contributed by atoms with Gasteiger partial charge in [-0.25, -0.2) is 0 Å². The minimum Gasteiger partial charge on any atom is -0.322 e. The van der Waals surface area contributed by atoms with Gasteiger partial charge >= 0.3 is 0 Å². The number of rotatable bonds is 5. The fourth-order valence-corrected chi connectivity index (χ4v) is 1.34. The van der Waals surface area contributed by atoms with Crippen molar-refractivity contribution in [2.75, 3.05) is 5.32 Å². The Labute approximate surface area is 96.0 Å². The highest BCUT2D eigenvalue weighted by Crippen LogP contribution is 2.09. The van der Waals surface area contributed by atoms with Gasteiger partial charge in [-0.3, -0.25) is 9.48 Å². The van der Waals surface area contributed by atoms with Crippen molar-refractivity contribution in [1.82, 2.24) is 9.78 Å². The zero-order valence-electron chi connectivity index (χ0n) is 10.1. The number of hydrogen-bond acceptors (Lipinski definition) is 3. The first kappa shape index (κ1) is 12.7. The second kappa shape index (κ2) is 5.65. The van der Waals surface area contributed by atoms with Crippen LogP contribution >= 0.6 is 0 Å². The van der Waals surface area contributed by atoms with Crippen molar-refractivity contribution < 1.29 is 4.79 Å². The van der Waals surface area contributed by atoms with Crippen LogP contribution in [0.2, 0.25) is 0 Å². The zero-order valence-corrected chi connectivity index (χ0v) is 10.1. The van der Waals surface area contributed by atoms with Crippen LogP contribution < -0.4 is 11.1 Å². The van der Waals surface area contributed by atoms with Gasteiger partial charge in [0.2, 0.25) is 5.91 Å². The van der Waals surface area contributed by atoms with Crippen LogP contribution in [-0.2, 0) is 11.3 Å². The van der Waals surface area contributed by atoms with Gasteiger partial charge in [-0.05, 0) is 12.8 Å². The van der Waals surface area contributed by atoms with Crippen molar-refractivity contribution >= 4 is 11.6 Å². The Morgan fingerprint density at radius 2 is 2.31 bits per heavy atom. The van der Waals surface area contributed by atoms with E-state index in [4.69, 9.17) is 5.73 Å². The molecule has 1 aromatic rings. The van der Waals surface area contributed by atoms with E-state index in [0.717, 1.165) is 13.0 Å². The predicted molar refractivity (Wildman–Crippen MR) is 64.0 cm³/mol. The Balaban J connectivity index is 2.57. The number of hydrogen-bond donors (Lipinski definition) is 2. The number of carbonyl (C=O) groups is 1. The van der Waals surface area contributed by atoms with Crippen LogP contribution in [0.5, 0.6) is 0 Å². The van der Waals surface area contributed by atoms with Gasteiger partial charge in [0.1, 0.15) is 0 Å². The van der Waals surface area contributed by atoms with Crippen LogP contribution in [-0.4, -0.2) is 21.7 Å². The Bertz CT molecular complexity index is 348.